The number of aliphatic imine (C=N–C) groups is 1. The molecule has 2 atom stereocenters. The number of likely N-dealkylation sites (N-methyl/N-ethyl adjacent to an activating group) is 2. The molecular weight excluding hydrogens is 489 g/mol. The van der Waals surface area contributed by atoms with E-state index in [2.05, 4.69) is 51.3 Å². The van der Waals surface area contributed by atoms with Gasteiger partial charge in [-0.3, -0.25) is 9.89 Å². The molecule has 9 heteroatoms. The summed E-state index contributed by atoms with van der Waals surface area (Å²) in [5.41, 5.74) is 0. The zero-order chi connectivity index (χ0) is 19.2. The molecule has 3 rings (SSSR count). The summed E-state index contributed by atoms with van der Waals surface area (Å²) in [6.07, 6.45) is 2.84. The van der Waals surface area contributed by atoms with E-state index in [1.165, 1.54) is 0 Å². The molecule has 0 aliphatic carbocycles. The molecule has 0 spiro atoms. The summed E-state index contributed by atoms with van der Waals surface area (Å²) in [7, 11) is 4.38. The van der Waals surface area contributed by atoms with Gasteiger partial charge in [-0.25, -0.2) is 4.98 Å². The van der Waals surface area contributed by atoms with Crippen LogP contribution in [-0.2, 0) is 0 Å². The molecule has 2 saturated heterocycles. The first kappa shape index (κ1) is 23.4. The molecular formula is C19H33ClIN7. The minimum Gasteiger partial charge on any atom is -0.357 e. The highest BCUT2D eigenvalue weighted by Gasteiger charge is 2.26. The van der Waals surface area contributed by atoms with Gasteiger partial charge < -0.3 is 20.4 Å². The van der Waals surface area contributed by atoms with Crippen LogP contribution in [0.5, 0.6) is 0 Å². The molecule has 0 aromatic carbocycles. The van der Waals surface area contributed by atoms with Crippen molar-refractivity contribution in [2.45, 2.75) is 25.4 Å². The second-order valence-electron chi connectivity index (χ2n) is 7.50. The lowest BCUT2D eigenvalue weighted by atomic mass is 10.2. The van der Waals surface area contributed by atoms with Crippen LogP contribution in [0, 0.1) is 0 Å². The number of pyridine rings is 1. The summed E-state index contributed by atoms with van der Waals surface area (Å²) < 4.78 is 0. The lowest BCUT2D eigenvalue weighted by Crippen LogP contribution is -2.52. The third kappa shape index (κ3) is 6.33. The second kappa shape index (κ2) is 11.4. The van der Waals surface area contributed by atoms with Crippen molar-refractivity contribution in [3.8, 4) is 0 Å². The van der Waals surface area contributed by atoms with Crippen LogP contribution in [0.2, 0.25) is 5.02 Å². The Balaban J connectivity index is 0.00000280. The van der Waals surface area contributed by atoms with Crippen LogP contribution in [0.4, 0.5) is 5.82 Å². The maximum atomic E-state index is 6.30. The maximum absolute atomic E-state index is 6.30. The van der Waals surface area contributed by atoms with E-state index in [1.54, 1.807) is 6.20 Å². The third-order valence-electron chi connectivity index (χ3n) is 5.35. The van der Waals surface area contributed by atoms with Gasteiger partial charge in [0.15, 0.2) is 5.96 Å². The number of nitrogens with zero attached hydrogens (tertiary/aromatic N) is 5. The van der Waals surface area contributed by atoms with Gasteiger partial charge >= 0.3 is 0 Å². The van der Waals surface area contributed by atoms with Crippen molar-refractivity contribution >= 4 is 47.4 Å². The fourth-order valence-corrected chi connectivity index (χ4v) is 3.93. The smallest absolute Gasteiger partial charge is 0.191 e. The molecule has 2 aliphatic rings. The largest absolute Gasteiger partial charge is 0.357 e. The van der Waals surface area contributed by atoms with E-state index in [0.29, 0.717) is 17.1 Å². The Kier molecular flexibility index (Phi) is 9.52. The molecule has 2 fully saturated rings. The van der Waals surface area contributed by atoms with Gasteiger partial charge in [0.25, 0.3) is 0 Å². The average molecular weight is 522 g/mol. The van der Waals surface area contributed by atoms with Crippen molar-refractivity contribution in [2.24, 2.45) is 4.99 Å². The van der Waals surface area contributed by atoms with E-state index in [9.17, 15) is 0 Å². The molecule has 2 N–H and O–H groups in total. The Morgan fingerprint density at radius 3 is 2.86 bits per heavy atom. The van der Waals surface area contributed by atoms with Crippen molar-refractivity contribution in [1.29, 1.82) is 0 Å². The zero-order valence-corrected chi connectivity index (χ0v) is 20.2. The minimum atomic E-state index is 0. The first-order chi connectivity index (χ1) is 13.1. The molecule has 7 nitrogen and oxygen atoms in total. The third-order valence-corrected chi connectivity index (χ3v) is 5.65. The normalized spacial score (nSPS) is 24.1. The molecule has 2 unspecified atom stereocenters. The van der Waals surface area contributed by atoms with Crippen LogP contribution >= 0.6 is 35.6 Å². The summed E-state index contributed by atoms with van der Waals surface area (Å²) >= 11 is 6.30. The molecule has 1 aromatic heterocycles. The summed E-state index contributed by atoms with van der Waals surface area (Å²) in [4.78, 5) is 16.3. The topological polar surface area (TPSA) is 59.0 Å². The Morgan fingerprint density at radius 2 is 2.11 bits per heavy atom. The fraction of sp³-hybridized carbons (Fsp3) is 0.684. The van der Waals surface area contributed by atoms with E-state index in [4.69, 9.17) is 16.6 Å². The molecule has 0 radical (unpaired) electrons. The number of aromatic nitrogens is 1. The van der Waals surface area contributed by atoms with E-state index < -0.39 is 0 Å². The van der Waals surface area contributed by atoms with Gasteiger partial charge in [0.1, 0.15) is 5.82 Å². The first-order valence-corrected chi connectivity index (χ1v) is 10.2. The van der Waals surface area contributed by atoms with Gasteiger partial charge in [0.2, 0.25) is 0 Å². The van der Waals surface area contributed by atoms with Crippen molar-refractivity contribution in [3.63, 3.8) is 0 Å². The van der Waals surface area contributed by atoms with Gasteiger partial charge in [-0.2, -0.15) is 0 Å². The molecule has 3 heterocycles. The van der Waals surface area contributed by atoms with Gasteiger partial charge in [-0.05, 0) is 39.6 Å². The van der Waals surface area contributed by atoms with Crippen molar-refractivity contribution in [2.75, 3.05) is 64.8 Å². The van der Waals surface area contributed by atoms with Crippen molar-refractivity contribution in [3.05, 3.63) is 23.4 Å². The maximum Gasteiger partial charge on any atom is 0.191 e. The average Bonchev–Trinajstić information content (AvgIpc) is 3.11. The molecule has 0 saturated carbocycles. The highest BCUT2D eigenvalue weighted by Crippen LogP contribution is 2.25. The number of hydrogen-bond acceptors (Lipinski definition) is 5. The van der Waals surface area contributed by atoms with E-state index in [-0.39, 0.29) is 24.0 Å². The number of anilines is 1. The summed E-state index contributed by atoms with van der Waals surface area (Å²) in [6, 6.07) is 4.57. The van der Waals surface area contributed by atoms with Gasteiger partial charge in [-0.1, -0.05) is 11.6 Å². The number of piperazine rings is 1. The zero-order valence-electron chi connectivity index (χ0n) is 17.1. The van der Waals surface area contributed by atoms with E-state index in [1.807, 2.05) is 12.1 Å². The summed E-state index contributed by atoms with van der Waals surface area (Å²) in [5, 5.41) is 7.69. The standard InChI is InChI=1S/C19H32ClN7.HI/c1-4-21-19(23-12-16-14-25(2)10-11-26(16)3)24-15-7-9-27(13-15)18-17(20)6-5-8-22-18;/h5-6,8,15-16H,4,7,9-14H2,1-3H3,(H2,21,23,24);1H. The molecule has 2 aliphatic heterocycles. The molecule has 0 bridgehead atoms. The van der Waals surface area contributed by atoms with Gasteiger partial charge in [0, 0.05) is 57.5 Å². The SMILES string of the molecule is CCNC(=NCC1CN(C)CCN1C)NC1CCN(c2ncccc2Cl)C1.I. The van der Waals surface area contributed by atoms with Crippen LogP contribution in [0.25, 0.3) is 0 Å². The fourth-order valence-electron chi connectivity index (χ4n) is 3.69. The number of guanidine groups is 1. The first-order valence-electron chi connectivity index (χ1n) is 9.86. The minimum absolute atomic E-state index is 0. The van der Waals surface area contributed by atoms with Crippen molar-refractivity contribution in [1.82, 2.24) is 25.4 Å². The van der Waals surface area contributed by atoms with Crippen LogP contribution in [-0.4, -0.2) is 92.7 Å². The Bertz CT molecular complexity index is 644. The second-order valence-corrected chi connectivity index (χ2v) is 7.91. The predicted octanol–water partition coefficient (Wildman–Crippen LogP) is 1.73. The Hall–Kier alpha value is -0.840. The lowest BCUT2D eigenvalue weighted by Gasteiger charge is -2.37. The van der Waals surface area contributed by atoms with Gasteiger partial charge in [-0.15, -0.1) is 24.0 Å². The highest BCUT2D eigenvalue weighted by atomic mass is 127. The molecule has 28 heavy (non-hydrogen) atoms. The number of nitrogens with one attached hydrogen (secondary N) is 2. The van der Waals surface area contributed by atoms with Crippen LogP contribution < -0.4 is 15.5 Å². The number of halogens is 2. The highest BCUT2D eigenvalue weighted by molar-refractivity contribution is 14.0. The molecule has 158 valence electrons. The quantitative estimate of drug-likeness (QED) is 0.350. The lowest BCUT2D eigenvalue weighted by molar-refractivity contribution is 0.119. The van der Waals surface area contributed by atoms with E-state index >= 15 is 0 Å². The summed E-state index contributed by atoms with van der Waals surface area (Å²) in [6.45, 7) is 8.89. The van der Waals surface area contributed by atoms with Crippen molar-refractivity contribution < 1.29 is 0 Å². The molecule has 1 aromatic rings. The monoisotopic (exact) mass is 521 g/mol. The number of hydrogen-bond donors (Lipinski definition) is 2. The van der Waals surface area contributed by atoms with Crippen LogP contribution in [0.1, 0.15) is 13.3 Å². The van der Waals surface area contributed by atoms with Crippen LogP contribution in [0.15, 0.2) is 23.3 Å². The van der Waals surface area contributed by atoms with Crippen LogP contribution in [0.3, 0.4) is 0 Å². The molecule has 0 amide bonds. The predicted molar refractivity (Wildman–Crippen MR) is 128 cm³/mol. The Morgan fingerprint density at radius 1 is 1.29 bits per heavy atom. The Labute approximate surface area is 190 Å². The number of rotatable bonds is 5. The summed E-state index contributed by atoms with van der Waals surface area (Å²) in [5.74, 6) is 1.77. The van der Waals surface area contributed by atoms with Gasteiger partial charge in [0.05, 0.1) is 11.6 Å². The van der Waals surface area contributed by atoms with E-state index in [0.717, 1.165) is 64.0 Å².